The van der Waals surface area contributed by atoms with Crippen molar-refractivity contribution in [2.24, 2.45) is 18.0 Å². The van der Waals surface area contributed by atoms with Crippen LogP contribution < -0.4 is 20.0 Å². The van der Waals surface area contributed by atoms with E-state index < -0.39 is 55.9 Å². The van der Waals surface area contributed by atoms with Crippen molar-refractivity contribution in [3.05, 3.63) is 40.9 Å². The second-order valence-corrected chi connectivity index (χ2v) is 10.4. The quantitative estimate of drug-likeness (QED) is 0.254. The van der Waals surface area contributed by atoms with Gasteiger partial charge in [0.25, 0.3) is 0 Å². The van der Waals surface area contributed by atoms with Crippen molar-refractivity contribution in [1.82, 2.24) is 14.5 Å². The van der Waals surface area contributed by atoms with Crippen LogP contribution in [-0.2, 0) is 30.4 Å². The molecule has 1 aromatic carbocycles. The lowest BCUT2D eigenvalue weighted by molar-refractivity contribution is -0.216. The number of benzene rings is 1. The average Bonchev–Trinajstić information content (AvgIpc) is 3.75. The zero-order valence-corrected chi connectivity index (χ0v) is 23.4. The van der Waals surface area contributed by atoms with Crippen LogP contribution in [0.3, 0.4) is 0 Å². The van der Waals surface area contributed by atoms with Crippen LogP contribution in [-0.4, -0.2) is 65.8 Å². The van der Waals surface area contributed by atoms with E-state index in [4.69, 9.17) is 18.2 Å². The number of fused-ring (bicyclic) bond motifs is 1. The number of hydrogen-bond acceptors (Lipinski definition) is 10. The van der Waals surface area contributed by atoms with E-state index in [0.717, 1.165) is 39.7 Å². The molecule has 0 saturated heterocycles. The van der Waals surface area contributed by atoms with Crippen molar-refractivity contribution in [2.45, 2.75) is 25.1 Å². The SMILES string of the molecule is [2H]C([2H])([2H])O[C@@H](c1ccc2c(c(N=c3cc(NC(=O)C4CC4)n(OP(=O)(O)OC)cc3C(=O)OC)nn2C)c1OC)C(F)(F)F. The summed E-state index contributed by atoms with van der Waals surface area (Å²) in [6.45, 7) is 0. The maximum Gasteiger partial charge on any atom is 0.546 e. The first-order valence-corrected chi connectivity index (χ1v) is 13.5. The van der Waals surface area contributed by atoms with Gasteiger partial charge in [0.15, 0.2) is 17.7 Å². The molecule has 1 saturated carbocycles. The number of aryl methyl sites for hydroxylation is 1. The van der Waals surface area contributed by atoms with Crippen LogP contribution in [0.4, 0.5) is 24.8 Å². The third-order valence-corrected chi connectivity index (χ3v) is 7.01. The van der Waals surface area contributed by atoms with Gasteiger partial charge >= 0.3 is 20.0 Å². The summed E-state index contributed by atoms with van der Waals surface area (Å²) in [5.74, 6) is -2.90. The molecular formula is C24H27F3N5O9P. The number of methoxy groups -OCH3 is 3. The smallest absolute Gasteiger partial charge is 0.496 e. The second kappa shape index (κ2) is 11.8. The van der Waals surface area contributed by atoms with Crippen molar-refractivity contribution >= 4 is 42.2 Å². The molecule has 228 valence electrons. The number of alkyl halides is 3. The predicted octanol–water partition coefficient (Wildman–Crippen LogP) is 3.18. The highest BCUT2D eigenvalue weighted by atomic mass is 31.2. The summed E-state index contributed by atoms with van der Waals surface area (Å²) in [5.41, 5.74) is -0.895. The number of phosphoric ester groups is 1. The Hall–Kier alpha value is -3.92. The molecule has 2 atom stereocenters. The minimum absolute atomic E-state index is 0.118. The molecule has 18 heteroatoms. The summed E-state index contributed by atoms with van der Waals surface area (Å²) in [7, 11) is -3.77. The Morgan fingerprint density at radius 3 is 2.57 bits per heavy atom. The molecular weight excluding hydrogens is 590 g/mol. The topological polar surface area (TPSA) is 165 Å². The Kier molecular flexibility index (Phi) is 7.54. The van der Waals surface area contributed by atoms with Gasteiger partial charge in [0, 0.05) is 38.7 Å². The van der Waals surface area contributed by atoms with E-state index in [0.29, 0.717) is 17.6 Å². The number of halogens is 3. The number of pyridine rings is 1. The first-order chi connectivity index (χ1) is 20.9. The second-order valence-electron chi connectivity index (χ2n) is 8.95. The van der Waals surface area contributed by atoms with Gasteiger partial charge in [-0.1, -0.05) is 6.07 Å². The van der Waals surface area contributed by atoms with Crippen molar-refractivity contribution < 1.29 is 59.7 Å². The van der Waals surface area contributed by atoms with E-state index in [1.807, 2.05) is 0 Å². The van der Waals surface area contributed by atoms with E-state index in [2.05, 4.69) is 24.7 Å². The van der Waals surface area contributed by atoms with E-state index >= 15 is 0 Å². The number of carbonyl (C=O) groups is 2. The summed E-state index contributed by atoms with van der Waals surface area (Å²) >= 11 is 0. The number of amides is 1. The summed E-state index contributed by atoms with van der Waals surface area (Å²) in [5, 5.41) is 6.36. The van der Waals surface area contributed by atoms with E-state index in [9.17, 15) is 32.2 Å². The summed E-state index contributed by atoms with van der Waals surface area (Å²) in [6.07, 6.45) is -6.05. The van der Waals surface area contributed by atoms with Gasteiger partial charge in [0.2, 0.25) is 5.91 Å². The number of carbonyl (C=O) groups excluding carboxylic acids is 2. The number of nitrogens with one attached hydrogen (secondary N) is 1. The first-order valence-electron chi connectivity index (χ1n) is 13.5. The maximum absolute atomic E-state index is 14.1. The Bertz CT molecular complexity index is 1760. The molecule has 1 fully saturated rings. The largest absolute Gasteiger partial charge is 0.546 e. The van der Waals surface area contributed by atoms with Gasteiger partial charge < -0.3 is 24.2 Å². The van der Waals surface area contributed by atoms with Crippen LogP contribution in [0.25, 0.3) is 10.9 Å². The van der Waals surface area contributed by atoms with Crippen LogP contribution in [0, 0.1) is 5.92 Å². The molecule has 4 rings (SSSR count). The van der Waals surface area contributed by atoms with E-state index in [1.165, 1.54) is 17.8 Å². The molecule has 2 N–H and O–H groups in total. The Balaban J connectivity index is 2.02. The number of aromatic nitrogens is 3. The first kappa shape index (κ1) is 26.9. The Morgan fingerprint density at radius 2 is 2.00 bits per heavy atom. The molecule has 0 aliphatic heterocycles. The number of hydrogen-bond donors (Lipinski definition) is 2. The van der Waals surface area contributed by atoms with Gasteiger partial charge in [-0.05, 0) is 18.9 Å². The molecule has 1 unspecified atom stereocenters. The Morgan fingerprint density at radius 1 is 1.29 bits per heavy atom. The highest BCUT2D eigenvalue weighted by Crippen LogP contribution is 2.45. The Labute approximate surface area is 240 Å². The van der Waals surface area contributed by atoms with Gasteiger partial charge in [-0.25, -0.2) is 14.4 Å². The van der Waals surface area contributed by atoms with Crippen LogP contribution in [0.5, 0.6) is 5.75 Å². The third-order valence-electron chi connectivity index (χ3n) is 6.17. The molecule has 1 aliphatic carbocycles. The minimum Gasteiger partial charge on any atom is -0.496 e. The van der Waals surface area contributed by atoms with Crippen molar-refractivity contribution in [3.63, 3.8) is 0 Å². The van der Waals surface area contributed by atoms with Crippen molar-refractivity contribution in [3.8, 4) is 5.75 Å². The highest BCUT2D eigenvalue weighted by Gasteiger charge is 2.43. The molecule has 2 heterocycles. The predicted molar refractivity (Wildman–Crippen MR) is 139 cm³/mol. The number of phosphoric acid groups is 1. The summed E-state index contributed by atoms with van der Waals surface area (Å²) in [4.78, 5) is 39.7. The molecule has 0 radical (unpaired) electrons. The zero-order chi connectivity index (χ0) is 33.5. The van der Waals surface area contributed by atoms with Crippen molar-refractivity contribution in [2.75, 3.05) is 33.7 Å². The average molecular weight is 620 g/mol. The molecule has 42 heavy (non-hydrogen) atoms. The summed E-state index contributed by atoms with van der Waals surface area (Å²) in [6, 6.07) is 3.28. The lowest BCUT2D eigenvalue weighted by atomic mass is 10.0. The molecule has 2 aromatic heterocycles. The molecule has 0 spiro atoms. The number of nitrogens with zero attached hydrogens (tertiary/aromatic N) is 4. The van der Waals surface area contributed by atoms with E-state index in [-0.39, 0.29) is 33.8 Å². The fourth-order valence-electron chi connectivity index (χ4n) is 4.01. The monoisotopic (exact) mass is 620 g/mol. The third kappa shape index (κ3) is 6.28. The zero-order valence-electron chi connectivity index (χ0n) is 25.5. The van der Waals surface area contributed by atoms with Gasteiger partial charge in [-0.2, -0.15) is 23.0 Å². The lowest BCUT2D eigenvalue weighted by Gasteiger charge is -2.21. The lowest BCUT2D eigenvalue weighted by Crippen LogP contribution is -2.27. The summed E-state index contributed by atoms with van der Waals surface area (Å²) < 4.78 is 102. The molecule has 0 bridgehead atoms. The molecule has 1 aliphatic rings. The number of anilines is 1. The number of ether oxygens (including phenoxy) is 3. The van der Waals surface area contributed by atoms with Crippen LogP contribution in [0.1, 0.15) is 39.0 Å². The maximum atomic E-state index is 14.1. The number of rotatable bonds is 10. The van der Waals surface area contributed by atoms with Gasteiger partial charge in [-0.15, -0.1) is 0 Å². The fraction of sp³-hybridized carbons (Fsp3) is 0.417. The van der Waals surface area contributed by atoms with Crippen molar-refractivity contribution in [1.29, 1.82) is 0 Å². The van der Waals surface area contributed by atoms with Gasteiger partial charge in [0.1, 0.15) is 11.3 Å². The number of esters is 1. The minimum atomic E-state index is -5.18. The van der Waals surface area contributed by atoms with Gasteiger partial charge in [0.05, 0.1) is 40.8 Å². The normalized spacial score (nSPS) is 17.5. The van der Waals surface area contributed by atoms with Crippen LogP contribution in [0.15, 0.2) is 29.4 Å². The molecule has 3 aromatic rings. The van der Waals surface area contributed by atoms with Crippen LogP contribution >= 0.6 is 7.82 Å². The van der Waals surface area contributed by atoms with E-state index in [1.54, 1.807) is 0 Å². The van der Waals surface area contributed by atoms with Crippen LogP contribution in [0.2, 0.25) is 0 Å². The molecule has 1 amide bonds. The van der Waals surface area contributed by atoms with Gasteiger partial charge in [-0.3, -0.25) is 18.9 Å². The highest BCUT2D eigenvalue weighted by molar-refractivity contribution is 7.47. The fourth-order valence-corrected chi connectivity index (χ4v) is 4.43. The standard InChI is InChI=1S/C24H27F3N5O9P/c1-31-16-9-8-13(20(38-3)24(25,26)27)19(37-2)18(16)21(30-31)28-15-10-17(29-22(33)12-6-7-12)32(41-42(35,36)40-5)11-14(15)23(34)39-4/h8-12,20H,6-7H2,1-5H3,(H,29,33)(H,35,36)/t20-/m0/s1/i3D3. The molecule has 14 nitrogen and oxygen atoms in total.